The summed E-state index contributed by atoms with van der Waals surface area (Å²) in [7, 11) is 0. The van der Waals surface area contributed by atoms with Crippen LogP contribution in [0.2, 0.25) is 0 Å². The van der Waals surface area contributed by atoms with E-state index in [1.165, 1.54) is 49.2 Å². The van der Waals surface area contributed by atoms with Crippen LogP contribution >= 0.6 is 0 Å². The van der Waals surface area contributed by atoms with E-state index in [2.05, 4.69) is 95.4 Å². The molecule has 0 aliphatic rings. The zero-order valence-corrected chi connectivity index (χ0v) is 16.3. The number of rotatable bonds is 1. The maximum Gasteiger partial charge on any atom is 0.220 e. The fraction of sp³-hybridized carbons (Fsp3) is 0.115. The number of hydrogen-bond acceptors (Lipinski definition) is 1. The Bertz CT molecular complexity index is 1730. The highest BCUT2D eigenvalue weighted by Crippen LogP contribution is 2.39. The van der Waals surface area contributed by atoms with E-state index in [4.69, 9.17) is 4.98 Å². The summed E-state index contributed by atoms with van der Waals surface area (Å²) in [6, 6.07) is 26.4. The lowest BCUT2D eigenvalue weighted by atomic mass is 9.99. The summed E-state index contributed by atoms with van der Waals surface area (Å²) < 4.78 is 4.69. The number of benzene rings is 4. The van der Waals surface area contributed by atoms with Crippen molar-refractivity contribution in [1.29, 1.82) is 0 Å². The van der Waals surface area contributed by atoms with Crippen molar-refractivity contribution in [2.24, 2.45) is 0 Å². The summed E-state index contributed by atoms with van der Waals surface area (Å²) in [5, 5.41) is 5.17. The van der Waals surface area contributed by atoms with Crippen molar-refractivity contribution < 1.29 is 0 Å². The summed E-state index contributed by atoms with van der Waals surface area (Å²) in [6.07, 6.45) is 0. The average Bonchev–Trinajstić information content (AvgIpc) is 3.36. The quantitative estimate of drug-likeness (QED) is 0.311. The van der Waals surface area contributed by atoms with Crippen molar-refractivity contribution in [2.45, 2.75) is 19.8 Å². The van der Waals surface area contributed by atoms with Crippen LogP contribution in [0.25, 0.3) is 54.9 Å². The average molecular weight is 373 g/mol. The number of hydrogen-bond donors (Lipinski definition) is 0. The van der Waals surface area contributed by atoms with Gasteiger partial charge in [-0.2, -0.15) is 0 Å². The Morgan fingerprint density at radius 2 is 1.45 bits per heavy atom. The predicted octanol–water partition coefficient (Wildman–Crippen LogP) is 6.76. The smallest absolute Gasteiger partial charge is 0.220 e. The molecule has 7 aromatic rings. The van der Waals surface area contributed by atoms with E-state index >= 15 is 0 Å². The van der Waals surface area contributed by atoms with Crippen LogP contribution in [0.4, 0.5) is 0 Å². The van der Waals surface area contributed by atoms with Crippen LogP contribution in [0.15, 0.2) is 72.8 Å². The molecule has 3 aromatic heterocycles. The Balaban J connectivity index is 1.84. The monoisotopic (exact) mass is 373 g/mol. The van der Waals surface area contributed by atoms with Gasteiger partial charge >= 0.3 is 0 Å². The van der Waals surface area contributed by atoms with Crippen LogP contribution in [0.5, 0.6) is 0 Å². The molecule has 0 saturated heterocycles. The lowest BCUT2D eigenvalue weighted by molar-refractivity contribution is 0.869. The predicted molar refractivity (Wildman–Crippen MR) is 121 cm³/mol. The second-order valence-corrected chi connectivity index (χ2v) is 8.38. The Morgan fingerprint density at radius 1 is 0.690 bits per heavy atom. The van der Waals surface area contributed by atoms with Gasteiger partial charge in [0.15, 0.2) is 0 Å². The second-order valence-electron chi connectivity index (χ2n) is 8.38. The van der Waals surface area contributed by atoms with Gasteiger partial charge in [-0.15, -0.1) is 0 Å². The summed E-state index contributed by atoms with van der Waals surface area (Å²) in [5.41, 5.74) is 7.32. The number of aromatic nitrogens is 3. The van der Waals surface area contributed by atoms with Crippen molar-refractivity contribution in [3.05, 3.63) is 78.4 Å². The Labute approximate surface area is 167 Å². The molecular formula is C26H19N3. The Hall–Kier alpha value is -3.59. The first-order valence-electron chi connectivity index (χ1n) is 10.2. The maximum atomic E-state index is 5.04. The van der Waals surface area contributed by atoms with Crippen molar-refractivity contribution in [2.75, 3.05) is 0 Å². The summed E-state index contributed by atoms with van der Waals surface area (Å²) in [5.74, 6) is 1.46. The van der Waals surface area contributed by atoms with Gasteiger partial charge < -0.3 is 0 Å². The lowest BCUT2D eigenvalue weighted by Gasteiger charge is -2.07. The third kappa shape index (κ3) is 1.81. The highest BCUT2D eigenvalue weighted by Gasteiger charge is 2.22. The van der Waals surface area contributed by atoms with Crippen LogP contribution in [-0.4, -0.2) is 13.8 Å². The third-order valence-corrected chi connectivity index (χ3v) is 6.38. The fourth-order valence-electron chi connectivity index (χ4n) is 4.94. The number of fused-ring (bicyclic) bond motifs is 9. The third-order valence-electron chi connectivity index (χ3n) is 6.38. The van der Waals surface area contributed by atoms with Gasteiger partial charge in [-0.25, -0.2) is 4.98 Å². The first-order chi connectivity index (χ1) is 14.2. The van der Waals surface area contributed by atoms with Crippen molar-refractivity contribution in [1.82, 2.24) is 13.8 Å². The molecular weight excluding hydrogens is 354 g/mol. The van der Waals surface area contributed by atoms with Gasteiger partial charge in [0.05, 0.1) is 27.6 Å². The minimum Gasteiger partial charge on any atom is -0.277 e. The molecule has 7 rings (SSSR count). The molecule has 0 atom stereocenters. The van der Waals surface area contributed by atoms with Crippen LogP contribution < -0.4 is 0 Å². The van der Waals surface area contributed by atoms with E-state index in [1.54, 1.807) is 0 Å². The molecule has 3 nitrogen and oxygen atoms in total. The molecule has 0 amide bonds. The molecule has 0 saturated carbocycles. The minimum atomic E-state index is 0.466. The van der Waals surface area contributed by atoms with Crippen molar-refractivity contribution in [3.63, 3.8) is 0 Å². The summed E-state index contributed by atoms with van der Waals surface area (Å²) in [4.78, 5) is 5.04. The van der Waals surface area contributed by atoms with Crippen molar-refractivity contribution in [3.8, 4) is 0 Å². The molecule has 4 aromatic carbocycles. The summed E-state index contributed by atoms with van der Waals surface area (Å²) in [6.45, 7) is 4.54. The van der Waals surface area contributed by atoms with E-state index in [0.29, 0.717) is 5.92 Å². The standard InChI is InChI=1S/C26H19N3/c1-15(2)18-12-20-19-11-16-7-3-4-8-17(16)13-23(19)29-25(20)24(14-18)28-22-10-6-5-9-21(22)27-26(28)29/h3-15H,1-2H3. The maximum absolute atomic E-state index is 5.04. The zero-order chi connectivity index (χ0) is 19.3. The van der Waals surface area contributed by atoms with E-state index < -0.39 is 0 Å². The molecule has 0 bridgehead atoms. The Morgan fingerprint density at radius 3 is 2.28 bits per heavy atom. The fourth-order valence-corrected chi connectivity index (χ4v) is 4.94. The summed E-state index contributed by atoms with van der Waals surface area (Å²) >= 11 is 0. The minimum absolute atomic E-state index is 0.466. The van der Waals surface area contributed by atoms with Gasteiger partial charge in [-0.3, -0.25) is 8.80 Å². The molecule has 3 heterocycles. The van der Waals surface area contributed by atoms with Crippen LogP contribution in [0.1, 0.15) is 25.3 Å². The Kier molecular flexibility index (Phi) is 2.68. The highest BCUT2D eigenvalue weighted by molar-refractivity contribution is 6.18. The topological polar surface area (TPSA) is 21.7 Å². The molecule has 3 heteroatoms. The molecule has 0 aliphatic carbocycles. The molecule has 0 spiro atoms. The lowest BCUT2D eigenvalue weighted by Crippen LogP contribution is -1.89. The van der Waals surface area contributed by atoms with Crippen LogP contribution in [0, 0.1) is 0 Å². The second kappa shape index (κ2) is 5.06. The molecule has 0 unspecified atom stereocenters. The molecule has 138 valence electrons. The first kappa shape index (κ1) is 15.3. The van der Waals surface area contributed by atoms with Gasteiger partial charge in [-0.05, 0) is 58.7 Å². The molecule has 0 aliphatic heterocycles. The van der Waals surface area contributed by atoms with Gasteiger partial charge in [0.2, 0.25) is 5.78 Å². The molecule has 29 heavy (non-hydrogen) atoms. The zero-order valence-electron chi connectivity index (χ0n) is 16.3. The van der Waals surface area contributed by atoms with Gasteiger partial charge in [0.1, 0.15) is 0 Å². The highest BCUT2D eigenvalue weighted by atomic mass is 15.2. The molecule has 0 N–H and O–H groups in total. The van der Waals surface area contributed by atoms with Crippen molar-refractivity contribution >= 4 is 54.9 Å². The van der Waals surface area contributed by atoms with Gasteiger partial charge in [0, 0.05) is 10.8 Å². The van der Waals surface area contributed by atoms with E-state index in [9.17, 15) is 0 Å². The SMILES string of the molecule is CC(C)c1cc2c3cc4ccccc4cc3n3c2c(c1)n1c2ccccc2nc13. The van der Waals surface area contributed by atoms with E-state index in [1.807, 2.05) is 0 Å². The van der Waals surface area contributed by atoms with E-state index in [-0.39, 0.29) is 0 Å². The number of para-hydroxylation sites is 2. The number of nitrogens with zero attached hydrogens (tertiary/aromatic N) is 3. The molecule has 0 fully saturated rings. The normalized spacial score (nSPS) is 12.8. The van der Waals surface area contributed by atoms with Gasteiger partial charge in [-0.1, -0.05) is 50.2 Å². The first-order valence-corrected chi connectivity index (χ1v) is 10.2. The van der Waals surface area contributed by atoms with Crippen LogP contribution in [-0.2, 0) is 0 Å². The number of imidazole rings is 2. The van der Waals surface area contributed by atoms with Gasteiger partial charge in [0.25, 0.3) is 0 Å². The van der Waals surface area contributed by atoms with E-state index in [0.717, 1.165) is 11.3 Å². The van der Waals surface area contributed by atoms with Crippen LogP contribution in [0.3, 0.4) is 0 Å². The molecule has 0 radical (unpaired) electrons. The largest absolute Gasteiger partial charge is 0.277 e.